The van der Waals surface area contributed by atoms with Gasteiger partial charge in [0, 0.05) is 0 Å². The number of carbonyl (C=O) groups excluding carboxylic acids is 1. The Morgan fingerprint density at radius 2 is 1.28 bits per heavy atom. The molecule has 0 radical (unpaired) electrons. The Kier molecular flexibility index (Phi) is 5.31. The summed E-state index contributed by atoms with van der Waals surface area (Å²) in [6.07, 6.45) is 0. The Bertz CT molecular complexity index is 805. The Hall–Kier alpha value is -2.44. The van der Waals surface area contributed by atoms with Crippen molar-refractivity contribution in [2.45, 2.75) is 6.92 Å². The van der Waals surface area contributed by atoms with Crippen LogP contribution < -0.4 is 15.9 Å². The van der Waals surface area contributed by atoms with Gasteiger partial charge >= 0.3 is 5.97 Å². The van der Waals surface area contributed by atoms with Crippen LogP contribution >= 0.6 is 7.26 Å². The molecule has 0 N–H and O–H groups in total. The molecule has 3 heteroatoms. The number of benzene rings is 3. The van der Waals surface area contributed by atoms with Crippen molar-refractivity contribution >= 4 is 29.1 Å². The smallest absolute Gasteiger partial charge is 0.342 e. The molecule has 3 rings (SSSR count). The van der Waals surface area contributed by atoms with Gasteiger partial charge in [-0.3, -0.25) is 0 Å². The van der Waals surface area contributed by atoms with Crippen molar-refractivity contribution in [1.29, 1.82) is 0 Å². The topological polar surface area (TPSA) is 26.3 Å². The largest absolute Gasteiger partial charge is 0.462 e. The first-order valence-corrected chi connectivity index (χ1v) is 10.7. The summed E-state index contributed by atoms with van der Waals surface area (Å²) in [5.41, 5.74) is 0.660. The van der Waals surface area contributed by atoms with Gasteiger partial charge in [0.05, 0.1) is 13.3 Å². The van der Waals surface area contributed by atoms with Crippen LogP contribution in [0.1, 0.15) is 17.3 Å². The molecule has 0 unspecified atom stereocenters. The average Bonchev–Trinajstić information content (AvgIpc) is 2.69. The molecule has 126 valence electrons. The molecule has 25 heavy (non-hydrogen) atoms. The first-order valence-electron chi connectivity index (χ1n) is 8.42. The van der Waals surface area contributed by atoms with Crippen LogP contribution in [-0.4, -0.2) is 19.2 Å². The normalized spacial score (nSPS) is 11.1. The minimum absolute atomic E-state index is 0.254. The van der Waals surface area contributed by atoms with E-state index in [0.717, 1.165) is 5.30 Å². The van der Waals surface area contributed by atoms with Crippen LogP contribution in [0.4, 0.5) is 0 Å². The molecule has 0 aromatic heterocycles. The summed E-state index contributed by atoms with van der Waals surface area (Å²) in [4.78, 5) is 12.6. The van der Waals surface area contributed by atoms with Crippen molar-refractivity contribution in [3.05, 3.63) is 90.5 Å². The van der Waals surface area contributed by atoms with Crippen molar-refractivity contribution < 1.29 is 9.53 Å². The zero-order valence-corrected chi connectivity index (χ0v) is 15.4. The maximum absolute atomic E-state index is 12.6. The van der Waals surface area contributed by atoms with Crippen molar-refractivity contribution in [2.75, 3.05) is 13.3 Å². The van der Waals surface area contributed by atoms with E-state index in [1.807, 2.05) is 37.3 Å². The predicted octanol–water partition coefficient (Wildman–Crippen LogP) is 3.79. The molecule has 0 heterocycles. The van der Waals surface area contributed by atoms with E-state index in [1.165, 1.54) is 10.6 Å². The van der Waals surface area contributed by atoms with Crippen molar-refractivity contribution in [3.8, 4) is 0 Å². The summed E-state index contributed by atoms with van der Waals surface area (Å²) in [6.45, 7) is 4.48. The predicted molar refractivity (Wildman–Crippen MR) is 107 cm³/mol. The molecular formula is C22H22O2P+. The molecule has 0 saturated heterocycles. The third kappa shape index (κ3) is 3.36. The van der Waals surface area contributed by atoms with Gasteiger partial charge < -0.3 is 4.74 Å². The first-order chi connectivity index (χ1) is 12.2. The molecule has 0 fully saturated rings. The lowest BCUT2D eigenvalue weighted by Gasteiger charge is -2.24. The lowest BCUT2D eigenvalue weighted by Crippen LogP contribution is -2.33. The number of rotatable bonds is 5. The van der Waals surface area contributed by atoms with Gasteiger partial charge in [-0.05, 0) is 43.3 Å². The molecule has 0 atom stereocenters. The Balaban J connectivity index is 2.26. The summed E-state index contributed by atoms with van der Waals surface area (Å²) < 4.78 is 5.31. The number of carbonyl (C=O) groups is 1. The minimum Gasteiger partial charge on any atom is -0.462 e. The number of ether oxygens (including phenoxy) is 1. The summed E-state index contributed by atoms with van der Waals surface area (Å²) in [5, 5.41) is 3.56. The molecule has 0 bridgehead atoms. The highest BCUT2D eigenvalue weighted by atomic mass is 31.2. The fourth-order valence-electron chi connectivity index (χ4n) is 3.12. The van der Waals surface area contributed by atoms with E-state index in [2.05, 4.69) is 61.3 Å². The van der Waals surface area contributed by atoms with Crippen LogP contribution in [0.2, 0.25) is 0 Å². The van der Waals surface area contributed by atoms with E-state index in [9.17, 15) is 4.79 Å². The minimum atomic E-state index is -1.94. The zero-order valence-electron chi connectivity index (χ0n) is 14.6. The van der Waals surface area contributed by atoms with Crippen LogP contribution in [0.5, 0.6) is 0 Å². The lowest BCUT2D eigenvalue weighted by molar-refractivity contribution is 0.0528. The van der Waals surface area contributed by atoms with E-state index in [1.54, 1.807) is 0 Å². The monoisotopic (exact) mass is 349 g/mol. The van der Waals surface area contributed by atoms with Crippen LogP contribution in [0, 0.1) is 0 Å². The molecule has 0 saturated carbocycles. The van der Waals surface area contributed by atoms with Crippen molar-refractivity contribution in [2.24, 2.45) is 0 Å². The molecular weight excluding hydrogens is 327 g/mol. The second kappa shape index (κ2) is 7.63. The zero-order chi connectivity index (χ0) is 17.7. The van der Waals surface area contributed by atoms with E-state index in [0.29, 0.717) is 12.2 Å². The Morgan fingerprint density at radius 3 is 1.80 bits per heavy atom. The number of esters is 1. The standard InChI is InChI=1S/C22H22O2P/c1-3-24-22(23)20-16-10-11-17-21(20)25(2,18-12-6-4-7-13-18)19-14-8-5-9-15-19/h4-17H,3H2,1-2H3/q+1. The fraction of sp³-hybridized carbons (Fsp3) is 0.136. The van der Waals surface area contributed by atoms with Gasteiger partial charge in [-0.1, -0.05) is 48.5 Å². The van der Waals surface area contributed by atoms with E-state index < -0.39 is 7.26 Å². The summed E-state index contributed by atoms with van der Waals surface area (Å²) >= 11 is 0. The summed E-state index contributed by atoms with van der Waals surface area (Å²) in [6, 6.07) is 28.7. The third-order valence-electron chi connectivity index (χ3n) is 4.43. The van der Waals surface area contributed by atoms with Gasteiger partial charge in [0.1, 0.15) is 28.7 Å². The van der Waals surface area contributed by atoms with Crippen LogP contribution in [0.25, 0.3) is 0 Å². The van der Waals surface area contributed by atoms with Gasteiger partial charge in [0.2, 0.25) is 0 Å². The molecule has 0 aliphatic heterocycles. The maximum atomic E-state index is 12.6. The van der Waals surface area contributed by atoms with Gasteiger partial charge in [0.25, 0.3) is 0 Å². The van der Waals surface area contributed by atoms with Gasteiger partial charge in [0.15, 0.2) is 0 Å². The second-order valence-corrected chi connectivity index (χ2v) is 9.44. The van der Waals surface area contributed by atoms with Crippen molar-refractivity contribution in [1.82, 2.24) is 0 Å². The van der Waals surface area contributed by atoms with E-state index in [-0.39, 0.29) is 5.97 Å². The summed E-state index contributed by atoms with van der Waals surface area (Å²) in [5.74, 6) is -0.254. The molecule has 0 amide bonds. The van der Waals surface area contributed by atoms with E-state index >= 15 is 0 Å². The Morgan fingerprint density at radius 1 is 0.800 bits per heavy atom. The summed E-state index contributed by atoms with van der Waals surface area (Å²) in [7, 11) is -1.94. The molecule has 3 aromatic rings. The number of hydrogen-bond acceptors (Lipinski definition) is 2. The molecule has 0 aliphatic carbocycles. The van der Waals surface area contributed by atoms with Gasteiger partial charge in [-0.25, -0.2) is 4.79 Å². The van der Waals surface area contributed by atoms with Gasteiger partial charge in [-0.2, -0.15) is 0 Å². The van der Waals surface area contributed by atoms with Crippen molar-refractivity contribution in [3.63, 3.8) is 0 Å². The second-order valence-electron chi connectivity index (χ2n) is 5.91. The quantitative estimate of drug-likeness (QED) is 0.517. The SMILES string of the molecule is CCOC(=O)c1ccccc1[P+](C)(c1ccccc1)c1ccccc1. The first kappa shape index (κ1) is 17.4. The maximum Gasteiger partial charge on any atom is 0.342 e. The number of hydrogen-bond donors (Lipinski definition) is 0. The van der Waals surface area contributed by atoms with Crippen LogP contribution in [-0.2, 0) is 4.74 Å². The third-order valence-corrected chi connectivity index (χ3v) is 8.44. The fourth-order valence-corrected chi connectivity index (χ4v) is 6.55. The van der Waals surface area contributed by atoms with Crippen LogP contribution in [0.3, 0.4) is 0 Å². The van der Waals surface area contributed by atoms with E-state index in [4.69, 9.17) is 4.74 Å². The molecule has 0 spiro atoms. The molecule has 3 aromatic carbocycles. The highest BCUT2D eigenvalue weighted by Crippen LogP contribution is 2.52. The molecule has 2 nitrogen and oxygen atoms in total. The van der Waals surface area contributed by atoms with Crippen LogP contribution in [0.15, 0.2) is 84.9 Å². The lowest BCUT2D eigenvalue weighted by atomic mass is 10.2. The Labute approximate surface area is 149 Å². The highest BCUT2D eigenvalue weighted by Gasteiger charge is 2.43. The average molecular weight is 349 g/mol. The van der Waals surface area contributed by atoms with Gasteiger partial charge in [-0.15, -0.1) is 0 Å². The molecule has 0 aliphatic rings. The highest BCUT2D eigenvalue weighted by molar-refractivity contribution is 7.95.